The molecule has 0 saturated carbocycles. The Balaban J connectivity index is 2.30. The van der Waals surface area contributed by atoms with Crippen LogP contribution in [0.4, 0.5) is 10.8 Å². The second-order valence-corrected chi connectivity index (χ2v) is 7.10. The lowest BCUT2D eigenvalue weighted by molar-refractivity contribution is 0.0521. The number of ether oxygens (including phenoxy) is 1. The second kappa shape index (κ2) is 6.18. The minimum Gasteiger partial charge on any atom is -0.461 e. The summed E-state index contributed by atoms with van der Waals surface area (Å²) >= 11 is 6.84. The predicted octanol–water partition coefficient (Wildman–Crippen LogP) is 3.16. The highest BCUT2D eigenvalue weighted by atomic mass is 127. The van der Waals surface area contributed by atoms with Crippen LogP contribution in [-0.4, -0.2) is 27.3 Å². The van der Waals surface area contributed by atoms with Crippen LogP contribution in [-0.2, 0) is 11.8 Å². The van der Waals surface area contributed by atoms with Gasteiger partial charge in [0.05, 0.1) is 11.1 Å². The summed E-state index contributed by atoms with van der Waals surface area (Å²) in [5.41, 5.74) is 0.286. The first-order chi connectivity index (χ1) is 9.01. The number of rotatable bonds is 4. The van der Waals surface area contributed by atoms with Gasteiger partial charge in [-0.15, -0.1) is 0 Å². The summed E-state index contributed by atoms with van der Waals surface area (Å²) in [6.45, 7) is 2.08. The first-order valence-corrected chi connectivity index (χ1v) is 7.99. The van der Waals surface area contributed by atoms with Crippen molar-refractivity contribution in [3.8, 4) is 0 Å². The van der Waals surface area contributed by atoms with E-state index in [1.54, 1.807) is 11.6 Å². The van der Waals surface area contributed by atoms with Crippen LogP contribution in [0.1, 0.15) is 17.4 Å². The van der Waals surface area contributed by atoms with Crippen molar-refractivity contribution in [3.63, 3.8) is 0 Å². The van der Waals surface area contributed by atoms with E-state index in [0.29, 0.717) is 17.4 Å². The number of nitrogens with zero attached hydrogens (tertiary/aromatic N) is 3. The van der Waals surface area contributed by atoms with E-state index in [4.69, 9.17) is 4.74 Å². The van der Waals surface area contributed by atoms with Gasteiger partial charge >= 0.3 is 5.97 Å². The summed E-state index contributed by atoms with van der Waals surface area (Å²) < 4.78 is 8.22. The second-order valence-electron chi connectivity index (χ2n) is 3.49. The summed E-state index contributed by atoms with van der Waals surface area (Å²) in [6.07, 6.45) is 1.82. The Kier molecular flexibility index (Phi) is 4.79. The van der Waals surface area contributed by atoms with E-state index in [2.05, 4.69) is 53.9 Å². The SMILES string of the molecule is CCOC(=O)c1nc(I)sc1Nc1nn(C)cc1Br. The predicted molar refractivity (Wildman–Crippen MR) is 85.0 cm³/mol. The number of nitrogens with one attached hydrogen (secondary N) is 1. The van der Waals surface area contributed by atoms with Gasteiger partial charge in [0.25, 0.3) is 0 Å². The normalized spacial score (nSPS) is 10.5. The molecular weight excluding hydrogens is 447 g/mol. The standard InChI is InChI=1S/C10H10BrIN4O2S/c1-3-18-9(17)6-8(19-10(12)13-6)14-7-5(11)4-16(2)15-7/h4H,3H2,1-2H3,(H,14,15). The van der Waals surface area contributed by atoms with Crippen molar-refractivity contribution < 1.29 is 9.53 Å². The highest BCUT2D eigenvalue weighted by Crippen LogP contribution is 2.31. The molecule has 19 heavy (non-hydrogen) atoms. The summed E-state index contributed by atoms with van der Waals surface area (Å²) in [6, 6.07) is 0. The van der Waals surface area contributed by atoms with Crippen molar-refractivity contribution in [1.82, 2.24) is 14.8 Å². The van der Waals surface area contributed by atoms with Crippen molar-refractivity contribution in [1.29, 1.82) is 0 Å². The number of aryl methyl sites for hydroxylation is 1. The van der Waals surface area contributed by atoms with E-state index in [0.717, 1.165) is 7.49 Å². The number of hydrogen-bond donors (Lipinski definition) is 1. The molecule has 2 rings (SSSR count). The zero-order chi connectivity index (χ0) is 14.0. The van der Waals surface area contributed by atoms with Gasteiger partial charge in [-0.1, -0.05) is 11.3 Å². The number of thiazole rings is 1. The van der Waals surface area contributed by atoms with Crippen molar-refractivity contribution in [2.24, 2.45) is 7.05 Å². The molecule has 0 aromatic carbocycles. The Morgan fingerprint density at radius 3 is 3.00 bits per heavy atom. The van der Waals surface area contributed by atoms with Gasteiger partial charge in [0.1, 0.15) is 5.00 Å². The third-order valence-corrected chi connectivity index (χ3v) is 4.33. The third kappa shape index (κ3) is 3.45. The van der Waals surface area contributed by atoms with Gasteiger partial charge in [-0.05, 0) is 45.4 Å². The number of hydrogen-bond acceptors (Lipinski definition) is 6. The Morgan fingerprint density at radius 2 is 2.42 bits per heavy atom. The summed E-state index contributed by atoms with van der Waals surface area (Å²) in [7, 11) is 1.82. The van der Waals surface area contributed by atoms with Gasteiger partial charge in [-0.2, -0.15) is 5.10 Å². The van der Waals surface area contributed by atoms with E-state index in [9.17, 15) is 4.79 Å². The highest BCUT2D eigenvalue weighted by Gasteiger charge is 2.20. The maximum Gasteiger partial charge on any atom is 0.360 e. The molecule has 0 spiro atoms. The van der Waals surface area contributed by atoms with Gasteiger partial charge in [0.15, 0.2) is 14.5 Å². The Hall–Kier alpha value is -0.680. The fourth-order valence-corrected chi connectivity index (χ4v) is 3.42. The van der Waals surface area contributed by atoms with Crippen molar-refractivity contribution in [2.45, 2.75) is 6.92 Å². The van der Waals surface area contributed by atoms with Crippen LogP contribution in [0.3, 0.4) is 0 Å². The molecule has 0 bridgehead atoms. The molecule has 2 aromatic rings. The minimum atomic E-state index is -0.434. The van der Waals surface area contributed by atoms with Gasteiger partial charge < -0.3 is 10.1 Å². The minimum absolute atomic E-state index is 0.286. The summed E-state index contributed by atoms with van der Waals surface area (Å²) in [5.74, 6) is 0.198. The third-order valence-electron chi connectivity index (χ3n) is 2.09. The molecule has 0 aliphatic heterocycles. The zero-order valence-corrected chi connectivity index (χ0v) is 14.7. The first-order valence-electron chi connectivity index (χ1n) is 5.31. The summed E-state index contributed by atoms with van der Waals surface area (Å²) in [4.78, 5) is 16.0. The zero-order valence-electron chi connectivity index (χ0n) is 10.1. The van der Waals surface area contributed by atoms with Crippen LogP contribution < -0.4 is 5.32 Å². The molecule has 0 aliphatic carbocycles. The highest BCUT2D eigenvalue weighted by molar-refractivity contribution is 14.1. The van der Waals surface area contributed by atoms with Gasteiger partial charge in [-0.25, -0.2) is 9.78 Å². The molecule has 0 saturated heterocycles. The molecule has 9 heteroatoms. The molecule has 6 nitrogen and oxygen atoms in total. The molecular formula is C10H10BrIN4O2S. The Labute approximate surface area is 135 Å². The molecule has 0 radical (unpaired) electrons. The van der Waals surface area contributed by atoms with Crippen LogP contribution >= 0.6 is 49.9 Å². The fourth-order valence-electron chi connectivity index (χ4n) is 1.37. The Morgan fingerprint density at radius 1 is 1.68 bits per heavy atom. The van der Waals surface area contributed by atoms with Gasteiger partial charge in [-0.3, -0.25) is 4.68 Å². The van der Waals surface area contributed by atoms with Crippen LogP contribution in [0.25, 0.3) is 0 Å². The topological polar surface area (TPSA) is 69.0 Å². The van der Waals surface area contributed by atoms with Gasteiger partial charge in [0.2, 0.25) is 0 Å². The lowest BCUT2D eigenvalue weighted by Crippen LogP contribution is -2.07. The number of anilines is 2. The van der Waals surface area contributed by atoms with E-state index < -0.39 is 5.97 Å². The number of halogens is 2. The van der Waals surface area contributed by atoms with Gasteiger partial charge in [0, 0.05) is 13.2 Å². The van der Waals surface area contributed by atoms with E-state index in [1.165, 1.54) is 11.3 Å². The molecule has 102 valence electrons. The molecule has 0 aliphatic rings. The van der Waals surface area contributed by atoms with E-state index >= 15 is 0 Å². The van der Waals surface area contributed by atoms with Crippen LogP contribution in [0.5, 0.6) is 0 Å². The number of aromatic nitrogens is 3. The maximum absolute atomic E-state index is 11.8. The maximum atomic E-state index is 11.8. The molecule has 0 fully saturated rings. The van der Waals surface area contributed by atoms with Crippen LogP contribution in [0.15, 0.2) is 10.7 Å². The average molecular weight is 457 g/mol. The largest absolute Gasteiger partial charge is 0.461 e. The lowest BCUT2D eigenvalue weighted by atomic mass is 10.4. The quantitative estimate of drug-likeness (QED) is 0.565. The van der Waals surface area contributed by atoms with Crippen molar-refractivity contribution in [2.75, 3.05) is 11.9 Å². The molecule has 0 amide bonds. The van der Waals surface area contributed by atoms with E-state index in [-0.39, 0.29) is 5.69 Å². The number of carbonyl (C=O) groups is 1. The lowest BCUT2D eigenvalue weighted by Gasteiger charge is -2.03. The molecule has 0 unspecified atom stereocenters. The Bertz CT molecular complexity index is 613. The molecule has 1 N–H and O–H groups in total. The summed E-state index contributed by atoms with van der Waals surface area (Å²) in [5, 5.41) is 7.96. The average Bonchev–Trinajstić information content (AvgIpc) is 2.83. The molecule has 2 aromatic heterocycles. The van der Waals surface area contributed by atoms with Crippen molar-refractivity contribution >= 4 is 66.6 Å². The first kappa shape index (κ1) is 14.7. The fraction of sp³-hybridized carbons (Fsp3) is 0.300. The van der Waals surface area contributed by atoms with Crippen LogP contribution in [0, 0.1) is 3.01 Å². The number of carbonyl (C=O) groups excluding carboxylic acids is 1. The monoisotopic (exact) mass is 456 g/mol. The van der Waals surface area contributed by atoms with E-state index in [1.807, 2.05) is 13.2 Å². The smallest absolute Gasteiger partial charge is 0.360 e. The van der Waals surface area contributed by atoms with Crippen LogP contribution in [0.2, 0.25) is 0 Å². The molecule has 0 atom stereocenters. The van der Waals surface area contributed by atoms with Crippen molar-refractivity contribution in [3.05, 3.63) is 19.4 Å². The molecule has 2 heterocycles. The number of esters is 1.